The molecule has 1 N–H and O–H groups in total. The van der Waals surface area contributed by atoms with Crippen LogP contribution >= 0.6 is 0 Å². The Morgan fingerprint density at radius 1 is 1.10 bits per heavy atom. The van der Waals surface area contributed by atoms with Crippen molar-refractivity contribution in [2.75, 3.05) is 7.11 Å². The summed E-state index contributed by atoms with van der Waals surface area (Å²) in [5, 5.41) is 7.72. The van der Waals surface area contributed by atoms with E-state index in [1.807, 2.05) is 42.5 Å². The molecule has 1 amide bonds. The number of methoxy groups -OCH3 is 1. The number of rotatable bonds is 5. The molecule has 0 saturated heterocycles. The highest BCUT2D eigenvalue weighted by atomic mass is 16.5. The average molecular weight is 415 g/mol. The maximum Gasteiger partial charge on any atom is 0.270 e. The fraction of sp³-hybridized carbons (Fsp3) is 0.250. The number of nitrogens with one attached hydrogen (secondary N) is 1. The van der Waals surface area contributed by atoms with E-state index in [1.165, 1.54) is 0 Å². The summed E-state index contributed by atoms with van der Waals surface area (Å²) in [6, 6.07) is 15.1. The molecule has 158 valence electrons. The molecular formula is C24H25N5O2. The van der Waals surface area contributed by atoms with Crippen molar-refractivity contribution in [1.82, 2.24) is 24.9 Å². The summed E-state index contributed by atoms with van der Waals surface area (Å²) in [6.45, 7) is 6.70. The van der Waals surface area contributed by atoms with Crippen LogP contribution in [-0.2, 0) is 12.0 Å². The SMILES string of the molecule is COc1cccc(-c2cc(C(=O)NCc3ccncc3)nc3cc(C(C)(C)C)nn23)c1. The van der Waals surface area contributed by atoms with Crippen LogP contribution in [0, 0.1) is 0 Å². The molecule has 0 aliphatic rings. The van der Waals surface area contributed by atoms with Crippen molar-refractivity contribution in [3.63, 3.8) is 0 Å². The third kappa shape index (κ3) is 4.40. The van der Waals surface area contributed by atoms with Crippen LogP contribution in [0.25, 0.3) is 16.9 Å². The third-order valence-corrected chi connectivity index (χ3v) is 5.00. The van der Waals surface area contributed by atoms with E-state index >= 15 is 0 Å². The molecule has 3 aromatic heterocycles. The maximum atomic E-state index is 12.9. The van der Waals surface area contributed by atoms with Gasteiger partial charge in [0.25, 0.3) is 5.91 Å². The number of pyridine rings is 1. The molecule has 0 aliphatic heterocycles. The second kappa shape index (κ2) is 8.18. The molecule has 1 aromatic carbocycles. The lowest BCUT2D eigenvalue weighted by Crippen LogP contribution is -2.24. The first-order chi connectivity index (χ1) is 14.8. The van der Waals surface area contributed by atoms with E-state index in [9.17, 15) is 4.79 Å². The minimum atomic E-state index is -0.248. The molecule has 4 rings (SSSR count). The molecule has 7 nitrogen and oxygen atoms in total. The van der Waals surface area contributed by atoms with Crippen molar-refractivity contribution in [2.24, 2.45) is 0 Å². The number of fused-ring (bicyclic) bond motifs is 1. The Morgan fingerprint density at radius 2 is 1.87 bits per heavy atom. The third-order valence-electron chi connectivity index (χ3n) is 5.00. The van der Waals surface area contributed by atoms with Gasteiger partial charge in [0.1, 0.15) is 11.4 Å². The van der Waals surface area contributed by atoms with Gasteiger partial charge in [0.15, 0.2) is 5.65 Å². The zero-order valence-corrected chi connectivity index (χ0v) is 18.1. The molecule has 0 fully saturated rings. The van der Waals surface area contributed by atoms with Crippen LogP contribution in [0.3, 0.4) is 0 Å². The van der Waals surface area contributed by atoms with E-state index in [4.69, 9.17) is 9.84 Å². The molecule has 0 aliphatic carbocycles. The molecule has 0 atom stereocenters. The van der Waals surface area contributed by atoms with Crippen molar-refractivity contribution in [1.29, 1.82) is 0 Å². The van der Waals surface area contributed by atoms with E-state index < -0.39 is 0 Å². The molecular weight excluding hydrogens is 390 g/mol. The molecule has 0 spiro atoms. The predicted molar refractivity (Wildman–Crippen MR) is 119 cm³/mol. The molecule has 0 radical (unpaired) electrons. The lowest BCUT2D eigenvalue weighted by molar-refractivity contribution is 0.0946. The van der Waals surface area contributed by atoms with Gasteiger partial charge >= 0.3 is 0 Å². The van der Waals surface area contributed by atoms with E-state index in [0.29, 0.717) is 17.9 Å². The first kappa shape index (κ1) is 20.5. The van der Waals surface area contributed by atoms with Gasteiger partial charge in [-0.3, -0.25) is 9.78 Å². The zero-order chi connectivity index (χ0) is 22.0. The fourth-order valence-electron chi connectivity index (χ4n) is 3.22. The first-order valence-electron chi connectivity index (χ1n) is 10.1. The average Bonchev–Trinajstić information content (AvgIpc) is 3.22. The summed E-state index contributed by atoms with van der Waals surface area (Å²) in [4.78, 5) is 21.5. The summed E-state index contributed by atoms with van der Waals surface area (Å²) in [5.41, 5.74) is 4.34. The van der Waals surface area contributed by atoms with Gasteiger partial charge in [-0.25, -0.2) is 9.50 Å². The number of nitrogens with zero attached hydrogens (tertiary/aromatic N) is 4. The largest absolute Gasteiger partial charge is 0.497 e. The molecule has 31 heavy (non-hydrogen) atoms. The second-order valence-corrected chi connectivity index (χ2v) is 8.35. The Kier molecular flexibility index (Phi) is 5.42. The molecule has 3 heterocycles. The number of carbonyl (C=O) groups excluding carboxylic acids is 1. The highest BCUT2D eigenvalue weighted by Gasteiger charge is 2.21. The number of aromatic nitrogens is 4. The van der Waals surface area contributed by atoms with Crippen molar-refractivity contribution < 1.29 is 9.53 Å². The van der Waals surface area contributed by atoms with Crippen molar-refractivity contribution in [3.05, 3.63) is 77.9 Å². The highest BCUT2D eigenvalue weighted by molar-refractivity contribution is 5.94. The Morgan fingerprint density at radius 3 is 2.58 bits per heavy atom. The fourth-order valence-corrected chi connectivity index (χ4v) is 3.22. The Hall–Kier alpha value is -3.74. The zero-order valence-electron chi connectivity index (χ0n) is 18.1. The van der Waals surface area contributed by atoms with Gasteiger partial charge in [0.05, 0.1) is 18.5 Å². The normalized spacial score (nSPS) is 11.5. The molecule has 0 unspecified atom stereocenters. The van der Waals surface area contributed by atoms with Crippen molar-refractivity contribution in [2.45, 2.75) is 32.7 Å². The van der Waals surface area contributed by atoms with Gasteiger partial charge in [0, 0.05) is 36.0 Å². The lowest BCUT2D eigenvalue weighted by Gasteiger charge is -2.14. The summed E-state index contributed by atoms with van der Waals surface area (Å²) in [7, 11) is 1.63. The van der Waals surface area contributed by atoms with Crippen LogP contribution in [0.15, 0.2) is 60.9 Å². The number of benzene rings is 1. The van der Waals surface area contributed by atoms with Gasteiger partial charge in [0.2, 0.25) is 0 Å². The smallest absolute Gasteiger partial charge is 0.270 e. The molecule has 0 saturated carbocycles. The van der Waals surface area contributed by atoms with Crippen LogP contribution in [0.4, 0.5) is 0 Å². The van der Waals surface area contributed by atoms with Crippen LogP contribution in [0.5, 0.6) is 5.75 Å². The van der Waals surface area contributed by atoms with E-state index in [1.54, 1.807) is 30.1 Å². The maximum absolute atomic E-state index is 12.9. The minimum Gasteiger partial charge on any atom is -0.497 e. The standard InChI is InChI=1S/C24H25N5O2/c1-24(2,3)21-14-22-27-19(23(30)26-15-16-8-10-25-11-9-16)13-20(29(22)28-21)17-6-5-7-18(12-17)31-4/h5-14H,15H2,1-4H3,(H,26,30). The summed E-state index contributed by atoms with van der Waals surface area (Å²) in [5.74, 6) is 0.483. The number of carbonyl (C=O) groups is 1. The Balaban J connectivity index is 1.78. The summed E-state index contributed by atoms with van der Waals surface area (Å²) in [6.07, 6.45) is 3.40. The van der Waals surface area contributed by atoms with Gasteiger partial charge in [-0.15, -0.1) is 0 Å². The van der Waals surface area contributed by atoms with Gasteiger partial charge in [-0.1, -0.05) is 32.9 Å². The van der Waals surface area contributed by atoms with Crippen molar-refractivity contribution in [3.8, 4) is 17.0 Å². The quantitative estimate of drug-likeness (QED) is 0.532. The summed E-state index contributed by atoms with van der Waals surface area (Å²) < 4.78 is 7.17. The molecule has 0 bridgehead atoms. The lowest BCUT2D eigenvalue weighted by atomic mass is 9.93. The van der Waals surface area contributed by atoms with Crippen LogP contribution in [0.1, 0.15) is 42.5 Å². The van der Waals surface area contributed by atoms with Crippen molar-refractivity contribution >= 4 is 11.6 Å². The van der Waals surface area contributed by atoms with Gasteiger partial charge in [-0.05, 0) is 35.9 Å². The Labute approximate surface area is 181 Å². The number of ether oxygens (including phenoxy) is 1. The van der Waals surface area contributed by atoms with E-state index in [-0.39, 0.29) is 11.3 Å². The number of amides is 1. The molecule has 4 aromatic rings. The Bertz CT molecular complexity index is 1230. The number of hydrogen-bond acceptors (Lipinski definition) is 5. The van der Waals surface area contributed by atoms with E-state index in [2.05, 4.69) is 36.1 Å². The first-order valence-corrected chi connectivity index (χ1v) is 10.1. The summed E-state index contributed by atoms with van der Waals surface area (Å²) >= 11 is 0. The molecule has 7 heteroatoms. The monoisotopic (exact) mass is 415 g/mol. The number of hydrogen-bond donors (Lipinski definition) is 1. The van der Waals surface area contributed by atoms with Gasteiger partial charge < -0.3 is 10.1 Å². The van der Waals surface area contributed by atoms with Crippen LogP contribution in [0.2, 0.25) is 0 Å². The second-order valence-electron chi connectivity index (χ2n) is 8.35. The topological polar surface area (TPSA) is 81.4 Å². The highest BCUT2D eigenvalue weighted by Crippen LogP contribution is 2.28. The minimum absolute atomic E-state index is 0.150. The van der Waals surface area contributed by atoms with Crippen LogP contribution in [-0.4, -0.2) is 32.6 Å². The van der Waals surface area contributed by atoms with E-state index in [0.717, 1.165) is 28.3 Å². The predicted octanol–water partition coefficient (Wildman–Crippen LogP) is 4.03. The van der Waals surface area contributed by atoms with Crippen LogP contribution < -0.4 is 10.1 Å². The van der Waals surface area contributed by atoms with Gasteiger partial charge in [-0.2, -0.15) is 5.10 Å².